The Morgan fingerprint density at radius 2 is 2.11 bits per heavy atom. The lowest BCUT2D eigenvalue weighted by Crippen LogP contribution is -2.42. The van der Waals surface area contributed by atoms with Gasteiger partial charge >= 0.3 is 0 Å². The Balaban J connectivity index is 3.05. The molecule has 0 aliphatic carbocycles. The quantitative estimate of drug-likeness (QED) is 0.865. The second kappa shape index (κ2) is 6.16. The number of thiocarbonyl (C=S) groups is 1. The molecule has 0 saturated carbocycles. The van der Waals surface area contributed by atoms with Crippen molar-refractivity contribution in [3.05, 3.63) is 34.3 Å². The van der Waals surface area contributed by atoms with Crippen molar-refractivity contribution in [2.75, 3.05) is 6.54 Å². The fraction of sp³-hybridized carbons (Fsp3) is 0.385. The minimum Gasteiger partial charge on any atom is -0.392 e. The topological polar surface area (TPSA) is 46.3 Å². The zero-order valence-electron chi connectivity index (χ0n) is 10.7. The van der Waals surface area contributed by atoms with E-state index in [0.717, 1.165) is 5.56 Å². The molecule has 0 spiro atoms. The molecular formula is C13H17ClN2OS. The molecule has 5 heteroatoms. The monoisotopic (exact) mass is 284 g/mol. The molecule has 1 amide bonds. The van der Waals surface area contributed by atoms with Crippen LogP contribution in [0.1, 0.15) is 29.8 Å². The van der Waals surface area contributed by atoms with Crippen LogP contribution < -0.4 is 5.73 Å². The van der Waals surface area contributed by atoms with E-state index in [1.54, 1.807) is 17.0 Å². The zero-order valence-corrected chi connectivity index (χ0v) is 12.3. The smallest absolute Gasteiger partial charge is 0.255 e. The van der Waals surface area contributed by atoms with Crippen LogP contribution in [0.5, 0.6) is 0 Å². The van der Waals surface area contributed by atoms with E-state index in [1.165, 1.54) is 0 Å². The van der Waals surface area contributed by atoms with E-state index in [-0.39, 0.29) is 18.5 Å². The van der Waals surface area contributed by atoms with E-state index in [0.29, 0.717) is 15.6 Å². The van der Waals surface area contributed by atoms with Crippen LogP contribution >= 0.6 is 23.8 Å². The molecule has 0 unspecified atom stereocenters. The van der Waals surface area contributed by atoms with Gasteiger partial charge in [-0.05, 0) is 38.5 Å². The number of hydrogen-bond donors (Lipinski definition) is 1. The minimum absolute atomic E-state index is 0.0105. The number of amides is 1. The Morgan fingerprint density at radius 1 is 1.50 bits per heavy atom. The molecular weight excluding hydrogens is 268 g/mol. The summed E-state index contributed by atoms with van der Waals surface area (Å²) in [4.78, 5) is 14.3. The lowest BCUT2D eigenvalue weighted by Gasteiger charge is -2.26. The third-order valence-corrected chi connectivity index (χ3v) is 3.01. The first-order valence-corrected chi connectivity index (χ1v) is 6.47. The maximum atomic E-state index is 12.4. The van der Waals surface area contributed by atoms with Crippen LogP contribution in [0, 0.1) is 6.92 Å². The number of carbonyl (C=O) groups excluding carboxylic acids is 1. The number of carbonyl (C=O) groups is 1. The molecule has 3 nitrogen and oxygen atoms in total. The van der Waals surface area contributed by atoms with Crippen LogP contribution in [0.2, 0.25) is 5.02 Å². The van der Waals surface area contributed by atoms with Gasteiger partial charge in [0.05, 0.1) is 22.1 Å². The molecule has 0 heterocycles. The molecule has 0 radical (unpaired) electrons. The number of halogens is 1. The predicted molar refractivity (Wildman–Crippen MR) is 79.1 cm³/mol. The van der Waals surface area contributed by atoms with Crippen molar-refractivity contribution in [3.63, 3.8) is 0 Å². The highest BCUT2D eigenvalue weighted by atomic mass is 35.5. The first-order chi connectivity index (χ1) is 8.32. The maximum Gasteiger partial charge on any atom is 0.255 e. The summed E-state index contributed by atoms with van der Waals surface area (Å²) in [5.41, 5.74) is 7.01. The second-order valence-corrected chi connectivity index (χ2v) is 5.41. The van der Waals surface area contributed by atoms with Crippen molar-refractivity contribution in [1.29, 1.82) is 0 Å². The standard InChI is InChI=1S/C13H17ClN2OS/c1-8(2)16(7-12(15)18)13(17)10-5-4-9(3)6-11(10)14/h4-6,8H,7H2,1-3H3,(H2,15,18). The van der Waals surface area contributed by atoms with Gasteiger partial charge < -0.3 is 10.6 Å². The highest BCUT2D eigenvalue weighted by molar-refractivity contribution is 7.80. The van der Waals surface area contributed by atoms with Crippen molar-refractivity contribution in [2.45, 2.75) is 26.8 Å². The molecule has 0 bridgehead atoms. The fourth-order valence-electron chi connectivity index (χ4n) is 1.61. The predicted octanol–water partition coefficient (Wildman–Crippen LogP) is 2.79. The first kappa shape index (κ1) is 14.9. The lowest BCUT2D eigenvalue weighted by atomic mass is 10.1. The Kier molecular flexibility index (Phi) is 5.11. The molecule has 0 atom stereocenters. The fourth-order valence-corrected chi connectivity index (χ4v) is 2.06. The third-order valence-electron chi connectivity index (χ3n) is 2.57. The molecule has 98 valence electrons. The molecule has 1 aromatic rings. The summed E-state index contributed by atoms with van der Waals surface area (Å²) >= 11 is 11.0. The van der Waals surface area contributed by atoms with E-state index < -0.39 is 0 Å². The molecule has 1 rings (SSSR count). The molecule has 0 aliphatic heterocycles. The summed E-state index contributed by atoms with van der Waals surface area (Å²) in [6.45, 7) is 6.02. The minimum atomic E-state index is -0.150. The number of rotatable bonds is 4. The van der Waals surface area contributed by atoms with Gasteiger partial charge in [-0.2, -0.15) is 0 Å². The van der Waals surface area contributed by atoms with Crippen molar-refractivity contribution >= 4 is 34.7 Å². The van der Waals surface area contributed by atoms with Crippen LogP contribution in [0.3, 0.4) is 0 Å². The van der Waals surface area contributed by atoms with Crippen LogP contribution in [-0.2, 0) is 0 Å². The van der Waals surface area contributed by atoms with Gasteiger partial charge in [0, 0.05) is 6.04 Å². The highest BCUT2D eigenvalue weighted by Crippen LogP contribution is 2.20. The molecule has 2 N–H and O–H groups in total. The molecule has 18 heavy (non-hydrogen) atoms. The number of aryl methyl sites for hydroxylation is 1. The molecule has 1 aromatic carbocycles. The van der Waals surface area contributed by atoms with Gasteiger partial charge in [0.2, 0.25) is 0 Å². The van der Waals surface area contributed by atoms with E-state index in [2.05, 4.69) is 0 Å². The largest absolute Gasteiger partial charge is 0.392 e. The van der Waals surface area contributed by atoms with Crippen LogP contribution in [0.15, 0.2) is 18.2 Å². The van der Waals surface area contributed by atoms with E-state index in [1.807, 2.05) is 26.8 Å². The molecule has 0 fully saturated rings. The Morgan fingerprint density at radius 3 is 2.56 bits per heavy atom. The average Bonchev–Trinajstić information content (AvgIpc) is 2.24. The number of nitrogens with two attached hydrogens (primary N) is 1. The van der Waals surface area contributed by atoms with Gasteiger partial charge in [-0.3, -0.25) is 4.79 Å². The van der Waals surface area contributed by atoms with Gasteiger partial charge in [0.15, 0.2) is 0 Å². The van der Waals surface area contributed by atoms with E-state index in [9.17, 15) is 4.79 Å². The Bertz CT molecular complexity index is 474. The van der Waals surface area contributed by atoms with Gasteiger partial charge in [0.25, 0.3) is 5.91 Å². The van der Waals surface area contributed by atoms with Gasteiger partial charge in [-0.1, -0.05) is 29.9 Å². The SMILES string of the molecule is Cc1ccc(C(=O)N(CC(N)=S)C(C)C)c(Cl)c1. The summed E-state index contributed by atoms with van der Waals surface area (Å²) in [7, 11) is 0. The Hall–Kier alpha value is -1.13. The Labute approximate surface area is 118 Å². The summed E-state index contributed by atoms with van der Waals surface area (Å²) < 4.78 is 0. The third kappa shape index (κ3) is 3.68. The van der Waals surface area contributed by atoms with Crippen LogP contribution in [0.4, 0.5) is 0 Å². The van der Waals surface area contributed by atoms with Crippen molar-refractivity contribution in [3.8, 4) is 0 Å². The normalized spacial score (nSPS) is 10.5. The number of nitrogens with zero attached hydrogens (tertiary/aromatic N) is 1. The molecule has 0 aromatic heterocycles. The maximum absolute atomic E-state index is 12.4. The van der Waals surface area contributed by atoms with Crippen molar-refractivity contribution < 1.29 is 4.79 Å². The van der Waals surface area contributed by atoms with Crippen molar-refractivity contribution in [2.24, 2.45) is 5.73 Å². The summed E-state index contributed by atoms with van der Waals surface area (Å²) in [6.07, 6.45) is 0. The molecule has 0 saturated heterocycles. The van der Waals surface area contributed by atoms with Gasteiger partial charge in [0.1, 0.15) is 0 Å². The van der Waals surface area contributed by atoms with Crippen molar-refractivity contribution in [1.82, 2.24) is 4.90 Å². The van der Waals surface area contributed by atoms with Gasteiger partial charge in [-0.15, -0.1) is 0 Å². The molecule has 0 aliphatic rings. The van der Waals surface area contributed by atoms with E-state index in [4.69, 9.17) is 29.6 Å². The van der Waals surface area contributed by atoms with Crippen LogP contribution in [0.25, 0.3) is 0 Å². The van der Waals surface area contributed by atoms with Crippen LogP contribution in [-0.4, -0.2) is 28.4 Å². The number of benzene rings is 1. The van der Waals surface area contributed by atoms with Gasteiger partial charge in [-0.25, -0.2) is 0 Å². The summed E-state index contributed by atoms with van der Waals surface area (Å²) in [5.74, 6) is -0.150. The number of hydrogen-bond acceptors (Lipinski definition) is 2. The summed E-state index contributed by atoms with van der Waals surface area (Å²) in [6, 6.07) is 5.37. The highest BCUT2D eigenvalue weighted by Gasteiger charge is 2.21. The second-order valence-electron chi connectivity index (χ2n) is 4.48. The summed E-state index contributed by atoms with van der Waals surface area (Å²) in [5, 5.41) is 0.452. The lowest BCUT2D eigenvalue weighted by molar-refractivity contribution is 0.0736. The average molecular weight is 285 g/mol. The zero-order chi connectivity index (χ0) is 13.9. The van der Waals surface area contributed by atoms with E-state index >= 15 is 0 Å². The first-order valence-electron chi connectivity index (χ1n) is 5.68.